The molecule has 6 atom stereocenters. The van der Waals surface area contributed by atoms with Gasteiger partial charge in [-0.2, -0.15) is 0 Å². The third-order valence-corrected chi connectivity index (χ3v) is 5.39. The first-order valence-corrected chi connectivity index (χ1v) is 10.8. The number of aliphatic hydroxyl groups is 5. The van der Waals surface area contributed by atoms with E-state index in [9.17, 15) is 35.4 Å². The first kappa shape index (κ1) is 27.0. The standard InChI is InChI=1S/C24H34O9/c1-12(2)5-7-14-9-16(32-24-22(29)21(28)19(26)17(11-25)33-24)10-15(8-6-13(3)4)18(14)20(27)23(30)31/h5-6,9-10,17,19-22,24-29H,7-8,11H2,1-4H3,(H,30,31)/t17-,19-,20?,21+,22-,24-/m1/s1. The van der Waals surface area contributed by atoms with E-state index in [0.29, 0.717) is 24.0 Å². The molecule has 0 spiro atoms. The predicted octanol–water partition coefficient (Wildman–Crippen LogP) is 1.00. The number of carbonyl (C=O) groups is 1. The summed E-state index contributed by atoms with van der Waals surface area (Å²) in [4.78, 5) is 11.6. The van der Waals surface area contributed by atoms with E-state index in [-0.39, 0.29) is 11.3 Å². The summed E-state index contributed by atoms with van der Waals surface area (Å²) in [6.07, 6.45) is -4.53. The fraction of sp³-hybridized carbons (Fsp3) is 0.542. The second-order valence-electron chi connectivity index (χ2n) is 8.68. The van der Waals surface area contributed by atoms with Crippen LogP contribution in [0, 0.1) is 0 Å². The van der Waals surface area contributed by atoms with Crippen molar-refractivity contribution in [1.29, 1.82) is 0 Å². The number of carboxylic acid groups (broad SMARTS) is 1. The lowest BCUT2D eigenvalue weighted by molar-refractivity contribution is -0.277. The van der Waals surface area contributed by atoms with Crippen LogP contribution in [-0.4, -0.2) is 73.9 Å². The third kappa shape index (κ3) is 6.86. The van der Waals surface area contributed by atoms with Crippen molar-refractivity contribution in [3.05, 3.63) is 52.1 Å². The molecule has 6 N–H and O–H groups in total. The number of ether oxygens (including phenoxy) is 2. The fourth-order valence-electron chi connectivity index (χ4n) is 3.55. The Hall–Kier alpha value is -2.27. The fourth-order valence-corrected chi connectivity index (χ4v) is 3.55. The summed E-state index contributed by atoms with van der Waals surface area (Å²) in [6, 6.07) is 3.10. The molecule has 1 aliphatic heterocycles. The molecule has 0 aliphatic carbocycles. The lowest BCUT2D eigenvalue weighted by atomic mass is 9.91. The van der Waals surface area contributed by atoms with Gasteiger partial charge in [-0.3, -0.25) is 0 Å². The van der Waals surface area contributed by atoms with E-state index < -0.39 is 49.4 Å². The molecule has 1 heterocycles. The van der Waals surface area contributed by atoms with Crippen LogP contribution in [0.2, 0.25) is 0 Å². The Morgan fingerprint density at radius 3 is 1.94 bits per heavy atom. The van der Waals surface area contributed by atoms with Crippen LogP contribution in [0.3, 0.4) is 0 Å². The highest BCUT2D eigenvalue weighted by atomic mass is 16.7. The van der Waals surface area contributed by atoms with Gasteiger partial charge in [0, 0.05) is 0 Å². The first-order valence-electron chi connectivity index (χ1n) is 10.8. The van der Waals surface area contributed by atoms with Crippen LogP contribution in [0.5, 0.6) is 5.75 Å². The van der Waals surface area contributed by atoms with Crippen molar-refractivity contribution < 1.29 is 44.9 Å². The average molecular weight is 467 g/mol. The van der Waals surface area contributed by atoms with Gasteiger partial charge in [-0.25, -0.2) is 4.79 Å². The number of hydrogen-bond donors (Lipinski definition) is 6. The van der Waals surface area contributed by atoms with Gasteiger partial charge >= 0.3 is 5.97 Å². The highest BCUT2D eigenvalue weighted by Gasteiger charge is 2.44. The van der Waals surface area contributed by atoms with Gasteiger partial charge in [0.25, 0.3) is 0 Å². The van der Waals surface area contributed by atoms with Crippen LogP contribution in [0.4, 0.5) is 0 Å². The smallest absolute Gasteiger partial charge is 0.337 e. The summed E-state index contributed by atoms with van der Waals surface area (Å²) in [6.45, 7) is 6.99. The van der Waals surface area contributed by atoms with Crippen LogP contribution < -0.4 is 4.74 Å². The normalized spacial score (nSPS) is 25.8. The van der Waals surface area contributed by atoms with Gasteiger partial charge in [-0.1, -0.05) is 23.3 Å². The first-order chi connectivity index (χ1) is 15.5. The van der Waals surface area contributed by atoms with E-state index in [4.69, 9.17) is 9.47 Å². The summed E-state index contributed by atoms with van der Waals surface area (Å²) < 4.78 is 11.2. The van der Waals surface area contributed by atoms with Gasteiger partial charge in [0.1, 0.15) is 30.2 Å². The lowest BCUT2D eigenvalue weighted by Crippen LogP contribution is -2.60. The van der Waals surface area contributed by atoms with Crippen LogP contribution in [0.15, 0.2) is 35.4 Å². The molecular formula is C24H34O9. The van der Waals surface area contributed by atoms with Gasteiger partial charge in [0.2, 0.25) is 6.29 Å². The Morgan fingerprint density at radius 2 is 1.52 bits per heavy atom. The maximum Gasteiger partial charge on any atom is 0.337 e. The maximum absolute atomic E-state index is 11.6. The van der Waals surface area contributed by atoms with Gasteiger partial charge in [0.15, 0.2) is 6.10 Å². The van der Waals surface area contributed by atoms with Crippen molar-refractivity contribution in [2.45, 2.75) is 77.3 Å². The minimum Gasteiger partial charge on any atom is -0.479 e. The molecule has 1 fully saturated rings. The molecule has 184 valence electrons. The average Bonchev–Trinajstić information content (AvgIpc) is 2.75. The van der Waals surface area contributed by atoms with E-state index in [1.807, 2.05) is 39.8 Å². The number of carboxylic acids is 1. The molecule has 1 saturated heterocycles. The molecule has 9 heteroatoms. The third-order valence-electron chi connectivity index (χ3n) is 5.39. The molecule has 33 heavy (non-hydrogen) atoms. The van der Waals surface area contributed by atoms with Crippen molar-refractivity contribution in [2.75, 3.05) is 6.61 Å². The number of rotatable bonds is 9. The Bertz CT molecular complexity index is 841. The maximum atomic E-state index is 11.6. The van der Waals surface area contributed by atoms with Crippen molar-refractivity contribution in [1.82, 2.24) is 0 Å². The Balaban J connectivity index is 2.54. The van der Waals surface area contributed by atoms with E-state index in [1.165, 1.54) is 0 Å². The zero-order valence-corrected chi connectivity index (χ0v) is 19.3. The van der Waals surface area contributed by atoms with E-state index in [0.717, 1.165) is 11.1 Å². The molecule has 0 radical (unpaired) electrons. The van der Waals surface area contributed by atoms with Crippen LogP contribution in [0.1, 0.15) is 50.5 Å². The number of hydrogen-bond acceptors (Lipinski definition) is 8. The molecule has 1 aromatic carbocycles. The van der Waals surface area contributed by atoms with E-state index in [2.05, 4.69) is 0 Å². The van der Waals surface area contributed by atoms with Crippen LogP contribution in [-0.2, 0) is 22.4 Å². The molecule has 0 amide bonds. The van der Waals surface area contributed by atoms with Crippen molar-refractivity contribution in [3.63, 3.8) is 0 Å². The van der Waals surface area contributed by atoms with E-state index >= 15 is 0 Å². The number of aliphatic carboxylic acids is 1. The van der Waals surface area contributed by atoms with E-state index in [1.54, 1.807) is 12.1 Å². The highest BCUT2D eigenvalue weighted by molar-refractivity contribution is 5.75. The molecular weight excluding hydrogens is 432 g/mol. The van der Waals surface area contributed by atoms with Crippen LogP contribution in [0.25, 0.3) is 0 Å². The molecule has 0 saturated carbocycles. The molecule has 0 bridgehead atoms. The van der Waals surface area contributed by atoms with Crippen molar-refractivity contribution in [2.24, 2.45) is 0 Å². The number of benzene rings is 1. The van der Waals surface area contributed by atoms with Crippen LogP contribution >= 0.6 is 0 Å². The Labute approximate surface area is 193 Å². The van der Waals surface area contributed by atoms with Gasteiger partial charge in [-0.15, -0.1) is 0 Å². The minimum atomic E-state index is -1.74. The molecule has 2 rings (SSSR count). The van der Waals surface area contributed by atoms with Crippen molar-refractivity contribution >= 4 is 5.97 Å². The zero-order valence-electron chi connectivity index (χ0n) is 19.3. The summed E-state index contributed by atoms with van der Waals surface area (Å²) >= 11 is 0. The van der Waals surface area contributed by atoms with Crippen molar-refractivity contribution in [3.8, 4) is 5.75 Å². The number of allylic oxidation sites excluding steroid dienone is 4. The topological polar surface area (TPSA) is 157 Å². The summed E-state index contributed by atoms with van der Waals surface area (Å²) in [5, 5.41) is 59.6. The lowest BCUT2D eigenvalue weighted by Gasteiger charge is -2.39. The Kier molecular flexibility index (Phi) is 9.59. The predicted molar refractivity (Wildman–Crippen MR) is 120 cm³/mol. The largest absolute Gasteiger partial charge is 0.479 e. The van der Waals surface area contributed by atoms with Gasteiger partial charge in [0.05, 0.1) is 6.61 Å². The molecule has 9 nitrogen and oxygen atoms in total. The monoisotopic (exact) mass is 466 g/mol. The zero-order chi connectivity index (χ0) is 24.9. The second kappa shape index (κ2) is 11.7. The SMILES string of the molecule is CC(C)=CCc1cc(O[C@@H]2O[C@H](CO)[C@@H](O)[C@H](O)[C@H]2O)cc(CC=C(C)C)c1C(O)C(=O)O. The summed E-state index contributed by atoms with van der Waals surface area (Å²) in [7, 11) is 0. The number of aliphatic hydroxyl groups excluding tert-OH is 5. The van der Waals surface area contributed by atoms with Gasteiger partial charge < -0.3 is 40.1 Å². The minimum absolute atomic E-state index is 0.218. The molecule has 1 unspecified atom stereocenters. The highest BCUT2D eigenvalue weighted by Crippen LogP contribution is 2.32. The second-order valence-corrected chi connectivity index (χ2v) is 8.68. The summed E-state index contributed by atoms with van der Waals surface area (Å²) in [5.74, 6) is -1.16. The molecule has 1 aliphatic rings. The molecule has 1 aromatic rings. The summed E-state index contributed by atoms with van der Waals surface area (Å²) in [5.41, 5.74) is 3.29. The Morgan fingerprint density at radius 1 is 1.00 bits per heavy atom. The quantitative estimate of drug-likeness (QED) is 0.292. The van der Waals surface area contributed by atoms with Gasteiger partial charge in [-0.05, 0) is 69.4 Å². The molecule has 0 aromatic heterocycles.